The van der Waals surface area contributed by atoms with Crippen molar-refractivity contribution in [1.82, 2.24) is 30.4 Å². The maximum absolute atomic E-state index is 5.12. The lowest BCUT2D eigenvalue weighted by Gasteiger charge is -2.25. The van der Waals surface area contributed by atoms with Gasteiger partial charge in [-0.15, -0.1) is 24.0 Å². The van der Waals surface area contributed by atoms with E-state index in [0.29, 0.717) is 19.0 Å². The van der Waals surface area contributed by atoms with Crippen LogP contribution in [0.1, 0.15) is 30.6 Å². The third-order valence-corrected chi connectivity index (χ3v) is 4.29. The van der Waals surface area contributed by atoms with E-state index >= 15 is 0 Å². The average Bonchev–Trinajstić information content (AvgIpc) is 3.08. The lowest BCUT2D eigenvalue weighted by atomic mass is 10.1. The molecule has 0 aliphatic carbocycles. The molecule has 3 heterocycles. The Morgan fingerprint density at radius 3 is 2.89 bits per heavy atom. The molecule has 1 aliphatic rings. The number of ether oxygens (including phenoxy) is 2. The molecule has 0 saturated heterocycles. The van der Waals surface area contributed by atoms with E-state index in [2.05, 4.69) is 37.6 Å². The van der Waals surface area contributed by atoms with Gasteiger partial charge < -0.3 is 20.1 Å². The van der Waals surface area contributed by atoms with Crippen molar-refractivity contribution in [2.45, 2.75) is 45.5 Å². The summed E-state index contributed by atoms with van der Waals surface area (Å²) in [7, 11) is 3.26. The van der Waals surface area contributed by atoms with Crippen molar-refractivity contribution >= 4 is 29.9 Å². The lowest BCUT2D eigenvalue weighted by Crippen LogP contribution is -2.47. The van der Waals surface area contributed by atoms with Crippen molar-refractivity contribution in [2.75, 3.05) is 20.8 Å². The van der Waals surface area contributed by atoms with Crippen LogP contribution < -0.4 is 15.4 Å². The molecule has 0 amide bonds. The van der Waals surface area contributed by atoms with Crippen LogP contribution in [0.5, 0.6) is 5.88 Å². The summed E-state index contributed by atoms with van der Waals surface area (Å²) in [6, 6.07) is 4.07. The number of nitrogens with one attached hydrogen (secondary N) is 2. The van der Waals surface area contributed by atoms with Crippen molar-refractivity contribution in [1.29, 1.82) is 0 Å². The molecule has 10 heteroatoms. The summed E-state index contributed by atoms with van der Waals surface area (Å²) in [5, 5.41) is 11.3. The predicted octanol–water partition coefficient (Wildman–Crippen LogP) is 1.52. The van der Waals surface area contributed by atoms with E-state index in [1.807, 2.05) is 16.8 Å². The van der Waals surface area contributed by atoms with Crippen LogP contribution in [-0.2, 0) is 30.9 Å². The maximum Gasteiger partial charge on any atom is 0.212 e. The fourth-order valence-electron chi connectivity index (χ4n) is 2.98. The summed E-state index contributed by atoms with van der Waals surface area (Å²) in [6.07, 6.45) is 3.65. The van der Waals surface area contributed by atoms with Crippen LogP contribution in [0, 0.1) is 0 Å². The topological polar surface area (TPSA) is 98.5 Å². The first-order valence-electron chi connectivity index (χ1n) is 9.17. The number of pyridine rings is 1. The summed E-state index contributed by atoms with van der Waals surface area (Å²) in [6.45, 7) is 4.61. The minimum atomic E-state index is 0. The van der Waals surface area contributed by atoms with Crippen LogP contribution in [0.25, 0.3) is 0 Å². The summed E-state index contributed by atoms with van der Waals surface area (Å²) in [4.78, 5) is 13.4. The van der Waals surface area contributed by atoms with Gasteiger partial charge in [0, 0.05) is 38.4 Å². The minimum Gasteiger partial charge on any atom is -0.481 e. The molecular formula is C18H28IN7O2. The molecule has 1 atom stereocenters. The number of hydrogen-bond donors (Lipinski definition) is 2. The Hall–Kier alpha value is -1.95. The molecule has 154 valence electrons. The molecule has 1 unspecified atom stereocenters. The van der Waals surface area contributed by atoms with Crippen LogP contribution in [-0.4, -0.2) is 52.5 Å². The number of hydrogen-bond acceptors (Lipinski definition) is 6. The van der Waals surface area contributed by atoms with E-state index < -0.39 is 0 Å². The Balaban J connectivity index is 0.00000280. The molecule has 0 radical (unpaired) electrons. The van der Waals surface area contributed by atoms with Gasteiger partial charge in [-0.25, -0.2) is 19.6 Å². The van der Waals surface area contributed by atoms with E-state index in [4.69, 9.17) is 9.47 Å². The van der Waals surface area contributed by atoms with Gasteiger partial charge in [0.05, 0.1) is 20.2 Å². The zero-order valence-electron chi connectivity index (χ0n) is 16.5. The fourth-order valence-corrected chi connectivity index (χ4v) is 2.98. The molecule has 0 aromatic carbocycles. The van der Waals surface area contributed by atoms with E-state index in [0.717, 1.165) is 49.1 Å². The molecule has 9 nitrogen and oxygen atoms in total. The molecular weight excluding hydrogens is 473 g/mol. The van der Waals surface area contributed by atoms with Crippen molar-refractivity contribution in [2.24, 2.45) is 4.99 Å². The Kier molecular flexibility index (Phi) is 8.90. The highest BCUT2D eigenvalue weighted by Crippen LogP contribution is 2.13. The van der Waals surface area contributed by atoms with Crippen molar-refractivity contribution in [3.63, 3.8) is 0 Å². The Bertz CT molecular complexity index is 764. The summed E-state index contributed by atoms with van der Waals surface area (Å²) in [5.41, 5.74) is 1.03. The summed E-state index contributed by atoms with van der Waals surface area (Å²) < 4.78 is 12.2. The van der Waals surface area contributed by atoms with Crippen LogP contribution in [0.3, 0.4) is 0 Å². The van der Waals surface area contributed by atoms with Crippen LogP contribution in [0.15, 0.2) is 23.3 Å². The van der Waals surface area contributed by atoms with Crippen molar-refractivity contribution in [3.05, 3.63) is 35.5 Å². The first-order chi connectivity index (χ1) is 13.2. The molecule has 0 spiro atoms. The number of aliphatic imine (C=N–C) groups is 1. The number of nitrogens with zero attached hydrogens (tertiary/aromatic N) is 5. The van der Waals surface area contributed by atoms with Gasteiger partial charge >= 0.3 is 0 Å². The second-order valence-electron chi connectivity index (χ2n) is 6.34. The first-order valence-corrected chi connectivity index (χ1v) is 9.17. The van der Waals surface area contributed by atoms with Gasteiger partial charge in [-0.05, 0) is 18.9 Å². The molecule has 28 heavy (non-hydrogen) atoms. The predicted molar refractivity (Wildman–Crippen MR) is 117 cm³/mol. The van der Waals surface area contributed by atoms with E-state index in [-0.39, 0.29) is 30.0 Å². The Morgan fingerprint density at radius 1 is 1.36 bits per heavy atom. The Labute approximate surface area is 182 Å². The van der Waals surface area contributed by atoms with Gasteiger partial charge in [0.1, 0.15) is 12.4 Å². The number of guanidine groups is 1. The van der Waals surface area contributed by atoms with Crippen molar-refractivity contribution < 1.29 is 9.47 Å². The number of halogens is 1. The highest BCUT2D eigenvalue weighted by atomic mass is 127. The van der Waals surface area contributed by atoms with Gasteiger partial charge in [-0.3, -0.25) is 0 Å². The molecule has 0 saturated carbocycles. The van der Waals surface area contributed by atoms with Gasteiger partial charge in [0.25, 0.3) is 0 Å². The smallest absolute Gasteiger partial charge is 0.212 e. The second kappa shape index (κ2) is 11.1. The fraction of sp³-hybridized carbons (Fsp3) is 0.556. The number of methoxy groups -OCH3 is 2. The quantitative estimate of drug-likeness (QED) is 0.337. The van der Waals surface area contributed by atoms with Crippen LogP contribution in [0.2, 0.25) is 0 Å². The molecule has 2 aromatic heterocycles. The zero-order valence-corrected chi connectivity index (χ0v) is 18.8. The molecule has 0 fully saturated rings. The maximum atomic E-state index is 5.12. The standard InChI is InChI=1S/C18H27N7O2.HI/c1-4-19-18(21-10-13-5-8-17(27-3)20-9-13)22-14-6-7-16-23-15(12-26-2)24-25(16)11-14;/h5,8-9,14H,4,6-7,10-12H2,1-3H3,(H2,19,21,22);1H. The van der Waals surface area contributed by atoms with E-state index in [1.165, 1.54) is 0 Å². The molecule has 3 rings (SSSR count). The van der Waals surface area contributed by atoms with Gasteiger partial charge in [0.15, 0.2) is 11.8 Å². The third kappa shape index (κ3) is 6.03. The number of fused-ring (bicyclic) bond motifs is 1. The summed E-state index contributed by atoms with van der Waals surface area (Å²) >= 11 is 0. The molecule has 2 aromatic rings. The lowest BCUT2D eigenvalue weighted by molar-refractivity contribution is 0.177. The molecule has 2 N–H and O–H groups in total. The largest absolute Gasteiger partial charge is 0.481 e. The van der Waals surface area contributed by atoms with Gasteiger partial charge in [-0.2, -0.15) is 5.10 Å². The van der Waals surface area contributed by atoms with Gasteiger partial charge in [-0.1, -0.05) is 6.07 Å². The van der Waals surface area contributed by atoms with Crippen LogP contribution in [0.4, 0.5) is 0 Å². The zero-order chi connectivity index (χ0) is 19.1. The van der Waals surface area contributed by atoms with Crippen molar-refractivity contribution in [3.8, 4) is 5.88 Å². The molecule has 0 bridgehead atoms. The van der Waals surface area contributed by atoms with Crippen LogP contribution >= 0.6 is 24.0 Å². The highest BCUT2D eigenvalue weighted by Gasteiger charge is 2.22. The SMILES string of the molecule is CCNC(=NCc1ccc(OC)nc1)NC1CCc2nc(COC)nn2C1.I. The Morgan fingerprint density at radius 2 is 2.21 bits per heavy atom. The van der Waals surface area contributed by atoms with Gasteiger partial charge in [0.2, 0.25) is 5.88 Å². The average molecular weight is 501 g/mol. The number of aromatic nitrogens is 4. The highest BCUT2D eigenvalue weighted by molar-refractivity contribution is 14.0. The molecule has 1 aliphatic heterocycles. The number of rotatable bonds is 7. The number of aryl methyl sites for hydroxylation is 1. The minimum absolute atomic E-state index is 0. The normalized spacial score (nSPS) is 16.1. The van der Waals surface area contributed by atoms with E-state index in [9.17, 15) is 0 Å². The first kappa shape index (κ1) is 22.3. The van der Waals surface area contributed by atoms with E-state index in [1.54, 1.807) is 20.4 Å². The monoisotopic (exact) mass is 501 g/mol. The third-order valence-electron chi connectivity index (χ3n) is 4.29. The summed E-state index contributed by atoms with van der Waals surface area (Å²) in [5.74, 6) is 3.15. The second-order valence-corrected chi connectivity index (χ2v) is 6.34.